The van der Waals surface area contributed by atoms with Gasteiger partial charge in [-0.05, 0) is 35.4 Å². The summed E-state index contributed by atoms with van der Waals surface area (Å²) in [6.07, 6.45) is 4.64. The van der Waals surface area contributed by atoms with Crippen molar-refractivity contribution in [3.05, 3.63) is 59.7 Å². The Balaban J connectivity index is 1.55. The summed E-state index contributed by atoms with van der Waals surface area (Å²) in [7, 11) is 0. The van der Waals surface area contributed by atoms with E-state index < -0.39 is 6.10 Å². The molecule has 1 fully saturated rings. The molecule has 1 saturated heterocycles. The number of terminal acetylenes is 1. The SMILES string of the molecule is C#CCOCC(O)COc1ccc(C(C)(C)c2ccc(OC[C@@H]3CO3)cc2)cc1. The van der Waals surface area contributed by atoms with Gasteiger partial charge < -0.3 is 24.1 Å². The first-order valence-corrected chi connectivity index (χ1v) is 9.76. The minimum Gasteiger partial charge on any atom is -0.491 e. The first-order chi connectivity index (χ1) is 14.0. The molecule has 0 saturated carbocycles. The minimum atomic E-state index is -0.716. The lowest BCUT2D eigenvalue weighted by atomic mass is 9.78. The summed E-state index contributed by atoms with van der Waals surface area (Å²) >= 11 is 0. The van der Waals surface area contributed by atoms with Gasteiger partial charge in [-0.25, -0.2) is 0 Å². The number of epoxide rings is 1. The summed E-state index contributed by atoms with van der Waals surface area (Å²) in [5.41, 5.74) is 2.20. The summed E-state index contributed by atoms with van der Waals surface area (Å²) < 4.78 is 21.6. The number of aliphatic hydroxyl groups is 1. The van der Waals surface area contributed by atoms with Crippen LogP contribution < -0.4 is 9.47 Å². The van der Waals surface area contributed by atoms with Crippen molar-refractivity contribution in [1.82, 2.24) is 0 Å². The van der Waals surface area contributed by atoms with Gasteiger partial charge in [-0.1, -0.05) is 44.0 Å². The van der Waals surface area contributed by atoms with E-state index in [1.165, 1.54) is 11.1 Å². The Morgan fingerprint density at radius 3 is 2.10 bits per heavy atom. The van der Waals surface area contributed by atoms with Gasteiger partial charge in [-0.3, -0.25) is 0 Å². The van der Waals surface area contributed by atoms with Crippen LogP contribution in [0.3, 0.4) is 0 Å². The first-order valence-electron chi connectivity index (χ1n) is 9.76. The minimum absolute atomic E-state index is 0.153. The summed E-state index contributed by atoms with van der Waals surface area (Å²) in [5.74, 6) is 3.92. The number of hydrogen-bond donors (Lipinski definition) is 1. The van der Waals surface area contributed by atoms with Crippen molar-refractivity contribution in [3.8, 4) is 23.8 Å². The highest BCUT2D eigenvalue weighted by molar-refractivity contribution is 5.41. The fraction of sp³-hybridized carbons (Fsp3) is 0.417. The van der Waals surface area contributed by atoms with Gasteiger partial charge >= 0.3 is 0 Å². The summed E-state index contributed by atoms with van der Waals surface area (Å²) in [6, 6.07) is 16.1. The van der Waals surface area contributed by atoms with Crippen molar-refractivity contribution in [3.63, 3.8) is 0 Å². The molecular formula is C24H28O5. The average Bonchev–Trinajstić information content (AvgIpc) is 3.56. The van der Waals surface area contributed by atoms with E-state index in [0.29, 0.717) is 12.4 Å². The van der Waals surface area contributed by atoms with E-state index in [1.807, 2.05) is 36.4 Å². The van der Waals surface area contributed by atoms with Crippen molar-refractivity contribution in [2.45, 2.75) is 31.5 Å². The van der Waals surface area contributed by atoms with E-state index in [0.717, 1.165) is 12.4 Å². The standard InChI is InChI=1S/C24H28O5/c1-4-13-26-14-20(25)15-27-21-9-5-18(6-10-21)24(2,3)19-7-11-22(12-8-19)28-16-23-17-29-23/h1,5-12,20,23,25H,13-17H2,2-3H3/t20?,23-/m1/s1. The summed E-state index contributed by atoms with van der Waals surface area (Å²) in [4.78, 5) is 0. The van der Waals surface area contributed by atoms with Gasteiger partial charge in [0.25, 0.3) is 0 Å². The molecule has 1 unspecified atom stereocenters. The number of rotatable bonds is 11. The topological polar surface area (TPSA) is 60.5 Å². The van der Waals surface area contributed by atoms with Crippen LogP contribution in [0.25, 0.3) is 0 Å². The zero-order chi connectivity index (χ0) is 20.7. The Morgan fingerprint density at radius 1 is 1.03 bits per heavy atom. The second-order valence-corrected chi connectivity index (χ2v) is 7.62. The smallest absolute Gasteiger partial charge is 0.119 e. The average molecular weight is 396 g/mol. The van der Waals surface area contributed by atoms with Gasteiger partial charge in [0.15, 0.2) is 0 Å². The monoisotopic (exact) mass is 396 g/mol. The lowest BCUT2D eigenvalue weighted by Crippen LogP contribution is -2.23. The van der Waals surface area contributed by atoms with E-state index in [1.54, 1.807) is 0 Å². The molecule has 0 spiro atoms. The number of benzene rings is 2. The zero-order valence-electron chi connectivity index (χ0n) is 17.0. The molecule has 0 bridgehead atoms. The highest BCUT2D eigenvalue weighted by Gasteiger charge is 2.24. The molecule has 2 aromatic rings. The third-order valence-electron chi connectivity index (χ3n) is 4.93. The van der Waals surface area contributed by atoms with Gasteiger partial charge in [0, 0.05) is 5.41 Å². The molecule has 29 heavy (non-hydrogen) atoms. The molecule has 2 atom stereocenters. The van der Waals surface area contributed by atoms with E-state index in [4.69, 9.17) is 25.4 Å². The lowest BCUT2D eigenvalue weighted by molar-refractivity contribution is 0.0229. The third kappa shape index (κ3) is 6.23. The molecule has 154 valence electrons. The van der Waals surface area contributed by atoms with Gasteiger partial charge in [-0.2, -0.15) is 0 Å². The van der Waals surface area contributed by atoms with Crippen molar-refractivity contribution < 1.29 is 24.1 Å². The van der Waals surface area contributed by atoms with Crippen molar-refractivity contribution >= 4 is 0 Å². The third-order valence-corrected chi connectivity index (χ3v) is 4.93. The Bertz CT molecular complexity index is 801. The van der Waals surface area contributed by atoms with E-state index in [2.05, 4.69) is 31.9 Å². The predicted molar refractivity (Wildman–Crippen MR) is 111 cm³/mol. The molecule has 0 radical (unpaired) electrons. The largest absolute Gasteiger partial charge is 0.491 e. The molecule has 5 nitrogen and oxygen atoms in total. The molecular weight excluding hydrogens is 368 g/mol. The van der Waals surface area contributed by atoms with Crippen LogP contribution >= 0.6 is 0 Å². The van der Waals surface area contributed by atoms with Gasteiger partial charge in [0.05, 0.1) is 13.2 Å². The fourth-order valence-electron chi connectivity index (χ4n) is 2.95. The number of ether oxygens (including phenoxy) is 4. The Morgan fingerprint density at radius 2 is 1.59 bits per heavy atom. The van der Waals surface area contributed by atoms with Crippen LogP contribution in [-0.4, -0.2) is 50.3 Å². The molecule has 1 aliphatic rings. The van der Waals surface area contributed by atoms with Gasteiger partial charge in [0.1, 0.15) is 43.5 Å². The van der Waals surface area contributed by atoms with Crippen LogP contribution in [-0.2, 0) is 14.9 Å². The van der Waals surface area contributed by atoms with Crippen LogP contribution in [0.2, 0.25) is 0 Å². The van der Waals surface area contributed by atoms with Crippen LogP contribution in [0, 0.1) is 12.3 Å². The van der Waals surface area contributed by atoms with Gasteiger partial charge in [0.2, 0.25) is 0 Å². The Kier molecular flexibility index (Phi) is 7.16. The van der Waals surface area contributed by atoms with Crippen LogP contribution in [0.15, 0.2) is 48.5 Å². The quantitative estimate of drug-likeness (QED) is 0.359. The Labute approximate surface area is 172 Å². The van der Waals surface area contributed by atoms with Gasteiger partial charge in [-0.15, -0.1) is 6.42 Å². The Hall–Kier alpha value is -2.52. The van der Waals surface area contributed by atoms with E-state index >= 15 is 0 Å². The molecule has 2 aromatic carbocycles. The van der Waals surface area contributed by atoms with Crippen LogP contribution in [0.4, 0.5) is 0 Å². The lowest BCUT2D eigenvalue weighted by Gasteiger charge is -2.26. The number of hydrogen-bond acceptors (Lipinski definition) is 5. The first kappa shape index (κ1) is 21.2. The normalized spacial score (nSPS) is 16.7. The number of aliphatic hydroxyl groups excluding tert-OH is 1. The second kappa shape index (κ2) is 9.80. The van der Waals surface area contributed by atoms with Crippen LogP contribution in [0.1, 0.15) is 25.0 Å². The van der Waals surface area contributed by atoms with Crippen molar-refractivity contribution in [1.29, 1.82) is 0 Å². The zero-order valence-corrected chi connectivity index (χ0v) is 17.0. The molecule has 3 rings (SSSR count). The summed E-state index contributed by atoms with van der Waals surface area (Å²) in [6.45, 7) is 6.26. The highest BCUT2D eigenvalue weighted by atomic mass is 16.6. The summed E-state index contributed by atoms with van der Waals surface area (Å²) in [5, 5.41) is 9.83. The molecule has 0 amide bonds. The molecule has 1 aliphatic heterocycles. The van der Waals surface area contributed by atoms with E-state index in [9.17, 15) is 5.11 Å². The highest BCUT2D eigenvalue weighted by Crippen LogP contribution is 2.33. The molecule has 1 N–H and O–H groups in total. The maximum Gasteiger partial charge on any atom is 0.119 e. The molecule has 0 aliphatic carbocycles. The molecule has 0 aromatic heterocycles. The van der Waals surface area contributed by atoms with Crippen molar-refractivity contribution in [2.24, 2.45) is 0 Å². The second-order valence-electron chi connectivity index (χ2n) is 7.62. The van der Waals surface area contributed by atoms with E-state index in [-0.39, 0.29) is 31.3 Å². The molecule has 5 heteroatoms. The predicted octanol–water partition coefficient (Wildman–Crippen LogP) is 3.18. The maximum absolute atomic E-state index is 9.83. The van der Waals surface area contributed by atoms with Crippen molar-refractivity contribution in [2.75, 3.05) is 33.0 Å². The fourth-order valence-corrected chi connectivity index (χ4v) is 2.95. The maximum atomic E-state index is 9.83. The molecule has 1 heterocycles. The van der Waals surface area contributed by atoms with Crippen LogP contribution in [0.5, 0.6) is 11.5 Å².